The minimum absolute atomic E-state index is 0.0240. The number of imidazole rings is 1. The Morgan fingerprint density at radius 1 is 0.968 bits per heavy atom. The molecule has 1 amide bonds. The van der Waals surface area contributed by atoms with Gasteiger partial charge in [-0.3, -0.25) is 4.79 Å². The molecule has 31 heavy (non-hydrogen) atoms. The molecule has 3 aromatic carbocycles. The molecule has 0 atom stereocenters. The third kappa shape index (κ3) is 4.51. The standard InChI is InChI=1S/C26H25N3O2/c1-3-28(21-9-5-4-6-10-21)26(30)19-29-24-12-8-7-11-23(24)27-25(29)18-15-20-13-16-22(31-2)17-14-20/h4-18H,3,19H2,1-2H3/b18-15+. The Morgan fingerprint density at radius 2 is 1.68 bits per heavy atom. The maximum Gasteiger partial charge on any atom is 0.246 e. The van der Waals surface area contributed by atoms with Crippen molar-refractivity contribution in [1.82, 2.24) is 9.55 Å². The van der Waals surface area contributed by atoms with Crippen LogP contribution in [0.15, 0.2) is 78.9 Å². The monoisotopic (exact) mass is 411 g/mol. The Hall–Kier alpha value is -3.86. The highest BCUT2D eigenvalue weighted by molar-refractivity contribution is 5.94. The van der Waals surface area contributed by atoms with Gasteiger partial charge in [0.25, 0.3) is 0 Å². The third-order valence-electron chi connectivity index (χ3n) is 5.20. The summed E-state index contributed by atoms with van der Waals surface area (Å²) in [4.78, 5) is 19.8. The van der Waals surface area contributed by atoms with Gasteiger partial charge in [-0.15, -0.1) is 0 Å². The van der Waals surface area contributed by atoms with E-state index < -0.39 is 0 Å². The van der Waals surface area contributed by atoms with Crippen LogP contribution in [0, 0.1) is 0 Å². The number of amides is 1. The van der Waals surface area contributed by atoms with Crippen LogP contribution in [0.3, 0.4) is 0 Å². The molecule has 0 spiro atoms. The van der Waals surface area contributed by atoms with E-state index in [1.54, 1.807) is 12.0 Å². The maximum atomic E-state index is 13.2. The quantitative estimate of drug-likeness (QED) is 0.416. The predicted molar refractivity (Wildman–Crippen MR) is 126 cm³/mol. The molecule has 156 valence electrons. The summed E-state index contributed by atoms with van der Waals surface area (Å²) in [6.07, 6.45) is 3.95. The van der Waals surface area contributed by atoms with Gasteiger partial charge in [0.1, 0.15) is 18.1 Å². The van der Waals surface area contributed by atoms with Gasteiger partial charge in [0.15, 0.2) is 0 Å². The predicted octanol–water partition coefficient (Wildman–Crippen LogP) is 5.27. The van der Waals surface area contributed by atoms with Gasteiger partial charge in [-0.2, -0.15) is 0 Å². The van der Waals surface area contributed by atoms with Crippen molar-refractivity contribution in [3.8, 4) is 5.75 Å². The van der Waals surface area contributed by atoms with E-state index >= 15 is 0 Å². The van der Waals surface area contributed by atoms with Crippen LogP contribution >= 0.6 is 0 Å². The Balaban J connectivity index is 1.66. The summed E-state index contributed by atoms with van der Waals surface area (Å²) in [5.74, 6) is 1.58. The number of likely N-dealkylation sites (N-methyl/N-ethyl adjacent to an activating group) is 1. The van der Waals surface area contributed by atoms with E-state index in [4.69, 9.17) is 9.72 Å². The lowest BCUT2D eigenvalue weighted by Crippen LogP contribution is -2.33. The second-order valence-corrected chi connectivity index (χ2v) is 7.12. The first-order valence-corrected chi connectivity index (χ1v) is 10.3. The fourth-order valence-electron chi connectivity index (χ4n) is 3.60. The van der Waals surface area contributed by atoms with Gasteiger partial charge in [0.05, 0.1) is 18.1 Å². The number of aromatic nitrogens is 2. The zero-order valence-corrected chi connectivity index (χ0v) is 17.7. The lowest BCUT2D eigenvalue weighted by Gasteiger charge is -2.21. The van der Waals surface area contributed by atoms with Crippen LogP contribution in [-0.4, -0.2) is 29.1 Å². The van der Waals surface area contributed by atoms with Gasteiger partial charge in [-0.1, -0.05) is 48.5 Å². The largest absolute Gasteiger partial charge is 0.497 e. The molecular formula is C26H25N3O2. The molecule has 0 N–H and O–H groups in total. The minimum atomic E-state index is 0.0240. The van der Waals surface area contributed by atoms with Gasteiger partial charge < -0.3 is 14.2 Å². The molecular weight excluding hydrogens is 386 g/mol. The number of para-hydroxylation sites is 3. The van der Waals surface area contributed by atoms with Crippen molar-refractivity contribution in [3.05, 3.63) is 90.3 Å². The second-order valence-electron chi connectivity index (χ2n) is 7.12. The number of anilines is 1. The lowest BCUT2D eigenvalue weighted by molar-refractivity contribution is -0.119. The Bertz CT molecular complexity index is 1190. The topological polar surface area (TPSA) is 47.4 Å². The number of carbonyl (C=O) groups is 1. The number of hydrogen-bond acceptors (Lipinski definition) is 3. The van der Waals surface area contributed by atoms with Crippen molar-refractivity contribution >= 4 is 34.8 Å². The highest BCUT2D eigenvalue weighted by Crippen LogP contribution is 2.21. The summed E-state index contributed by atoms with van der Waals surface area (Å²) in [7, 11) is 1.65. The number of nitrogens with zero attached hydrogens (tertiary/aromatic N) is 3. The number of fused-ring (bicyclic) bond motifs is 1. The zero-order valence-electron chi connectivity index (χ0n) is 17.7. The normalized spacial score (nSPS) is 11.2. The third-order valence-corrected chi connectivity index (χ3v) is 5.20. The smallest absolute Gasteiger partial charge is 0.246 e. The molecule has 0 unspecified atom stereocenters. The molecule has 0 saturated carbocycles. The summed E-state index contributed by atoms with van der Waals surface area (Å²) in [5.41, 5.74) is 3.74. The average molecular weight is 412 g/mol. The number of rotatable bonds is 7. The number of carbonyl (C=O) groups excluding carboxylic acids is 1. The second kappa shape index (κ2) is 9.30. The molecule has 0 aliphatic heterocycles. The van der Waals surface area contributed by atoms with Crippen LogP contribution in [0.4, 0.5) is 5.69 Å². The Kier molecular flexibility index (Phi) is 6.13. The van der Waals surface area contributed by atoms with Crippen LogP contribution in [0.5, 0.6) is 5.75 Å². The van der Waals surface area contributed by atoms with E-state index in [9.17, 15) is 4.79 Å². The summed E-state index contributed by atoms with van der Waals surface area (Å²) < 4.78 is 7.20. The minimum Gasteiger partial charge on any atom is -0.497 e. The molecule has 1 heterocycles. The van der Waals surface area contributed by atoms with Crippen LogP contribution in [-0.2, 0) is 11.3 Å². The first kappa shape index (κ1) is 20.4. The molecule has 0 saturated heterocycles. The van der Waals surface area contributed by atoms with Gasteiger partial charge in [-0.05, 0) is 55.0 Å². The fourth-order valence-corrected chi connectivity index (χ4v) is 3.60. The Morgan fingerprint density at radius 3 is 2.39 bits per heavy atom. The van der Waals surface area contributed by atoms with Crippen molar-refractivity contribution < 1.29 is 9.53 Å². The van der Waals surface area contributed by atoms with E-state index in [0.717, 1.165) is 33.9 Å². The van der Waals surface area contributed by atoms with Crippen molar-refractivity contribution in [1.29, 1.82) is 0 Å². The summed E-state index contributed by atoms with van der Waals surface area (Å²) >= 11 is 0. The summed E-state index contributed by atoms with van der Waals surface area (Å²) in [5, 5.41) is 0. The van der Waals surface area contributed by atoms with Gasteiger partial charge in [0, 0.05) is 12.2 Å². The molecule has 0 radical (unpaired) electrons. The molecule has 0 bridgehead atoms. The Labute approximate surface area is 182 Å². The van der Waals surface area contributed by atoms with Crippen LogP contribution < -0.4 is 9.64 Å². The van der Waals surface area contributed by atoms with Crippen LogP contribution in [0.25, 0.3) is 23.2 Å². The molecule has 5 nitrogen and oxygen atoms in total. The number of hydrogen-bond donors (Lipinski definition) is 0. The molecule has 1 aromatic heterocycles. The van der Waals surface area contributed by atoms with E-state index in [1.165, 1.54) is 0 Å². The summed E-state index contributed by atoms with van der Waals surface area (Å²) in [6.45, 7) is 2.80. The lowest BCUT2D eigenvalue weighted by atomic mass is 10.2. The number of ether oxygens (including phenoxy) is 1. The van der Waals surface area contributed by atoms with Gasteiger partial charge in [0.2, 0.25) is 5.91 Å². The highest BCUT2D eigenvalue weighted by atomic mass is 16.5. The number of benzene rings is 3. The molecule has 5 heteroatoms. The van der Waals surface area contributed by atoms with E-state index in [-0.39, 0.29) is 12.5 Å². The van der Waals surface area contributed by atoms with Crippen molar-refractivity contribution in [2.24, 2.45) is 0 Å². The fraction of sp³-hybridized carbons (Fsp3) is 0.154. The first-order chi connectivity index (χ1) is 15.2. The molecule has 0 fully saturated rings. The number of methoxy groups -OCH3 is 1. The van der Waals surface area contributed by atoms with Crippen molar-refractivity contribution in [2.45, 2.75) is 13.5 Å². The summed E-state index contributed by atoms with van der Waals surface area (Å²) in [6, 6.07) is 25.5. The maximum absolute atomic E-state index is 13.2. The molecule has 4 aromatic rings. The van der Waals surface area contributed by atoms with Crippen molar-refractivity contribution in [2.75, 3.05) is 18.6 Å². The molecule has 0 aliphatic rings. The van der Waals surface area contributed by atoms with E-state index in [1.807, 2.05) is 103 Å². The molecule has 0 aliphatic carbocycles. The molecule has 4 rings (SSSR count). The van der Waals surface area contributed by atoms with E-state index in [2.05, 4.69) is 0 Å². The van der Waals surface area contributed by atoms with Crippen LogP contribution in [0.1, 0.15) is 18.3 Å². The van der Waals surface area contributed by atoms with Gasteiger partial charge in [-0.25, -0.2) is 4.98 Å². The first-order valence-electron chi connectivity index (χ1n) is 10.3. The van der Waals surface area contributed by atoms with Crippen molar-refractivity contribution in [3.63, 3.8) is 0 Å². The van der Waals surface area contributed by atoms with Gasteiger partial charge >= 0.3 is 0 Å². The highest BCUT2D eigenvalue weighted by Gasteiger charge is 2.17. The average Bonchev–Trinajstić information content (AvgIpc) is 3.16. The van der Waals surface area contributed by atoms with E-state index in [0.29, 0.717) is 6.54 Å². The van der Waals surface area contributed by atoms with Crippen LogP contribution in [0.2, 0.25) is 0 Å². The zero-order chi connectivity index (χ0) is 21.6. The SMILES string of the molecule is CCN(C(=O)Cn1c(/C=C/c2ccc(OC)cc2)nc2ccccc21)c1ccccc1.